The molecule has 0 radical (unpaired) electrons. The summed E-state index contributed by atoms with van der Waals surface area (Å²) in [6.07, 6.45) is -0.294. The largest absolute Gasteiger partial charge is 0.466 e. The zero-order chi connectivity index (χ0) is 17.3. The Morgan fingerprint density at radius 1 is 1.26 bits per heavy atom. The van der Waals surface area contributed by atoms with Gasteiger partial charge in [-0.3, -0.25) is 14.2 Å². The SMILES string of the molecule is CCOC(=O)CCNC(=O)C(Cc1ccccc1)CP(=O)(O)O. The minimum Gasteiger partial charge on any atom is -0.466 e. The van der Waals surface area contributed by atoms with Gasteiger partial charge in [-0.05, 0) is 18.9 Å². The molecule has 0 saturated heterocycles. The van der Waals surface area contributed by atoms with Gasteiger partial charge in [0.15, 0.2) is 0 Å². The average molecular weight is 343 g/mol. The van der Waals surface area contributed by atoms with Crippen molar-refractivity contribution in [2.75, 3.05) is 19.3 Å². The molecule has 1 aromatic carbocycles. The molecule has 0 fully saturated rings. The van der Waals surface area contributed by atoms with Crippen molar-refractivity contribution in [3.8, 4) is 0 Å². The van der Waals surface area contributed by atoms with E-state index < -0.39 is 31.6 Å². The van der Waals surface area contributed by atoms with Crippen molar-refractivity contribution in [3.05, 3.63) is 35.9 Å². The number of rotatable bonds is 9. The Hall–Kier alpha value is -1.69. The second-order valence-corrected chi connectivity index (χ2v) is 6.77. The molecule has 0 aromatic heterocycles. The van der Waals surface area contributed by atoms with Crippen molar-refractivity contribution in [2.45, 2.75) is 19.8 Å². The minimum atomic E-state index is -4.33. The highest BCUT2D eigenvalue weighted by molar-refractivity contribution is 7.51. The fourth-order valence-electron chi connectivity index (χ4n) is 2.09. The van der Waals surface area contributed by atoms with Crippen LogP contribution < -0.4 is 5.32 Å². The molecule has 128 valence electrons. The molecule has 0 spiro atoms. The molecule has 1 unspecified atom stereocenters. The molecular formula is C15H22NO6P. The Bertz CT molecular complexity index is 556. The van der Waals surface area contributed by atoms with Gasteiger partial charge in [-0.25, -0.2) is 0 Å². The Morgan fingerprint density at radius 3 is 2.48 bits per heavy atom. The predicted molar refractivity (Wildman–Crippen MR) is 84.8 cm³/mol. The van der Waals surface area contributed by atoms with Crippen molar-refractivity contribution in [1.82, 2.24) is 5.32 Å². The molecule has 3 N–H and O–H groups in total. The molecule has 0 saturated carbocycles. The van der Waals surface area contributed by atoms with Crippen LogP contribution >= 0.6 is 7.60 Å². The summed E-state index contributed by atoms with van der Waals surface area (Å²) in [5.41, 5.74) is 0.812. The van der Waals surface area contributed by atoms with Gasteiger partial charge in [-0.1, -0.05) is 30.3 Å². The van der Waals surface area contributed by atoms with Gasteiger partial charge in [0.05, 0.1) is 25.1 Å². The first-order valence-electron chi connectivity index (χ1n) is 7.33. The van der Waals surface area contributed by atoms with Gasteiger partial charge in [-0.2, -0.15) is 0 Å². The van der Waals surface area contributed by atoms with Crippen molar-refractivity contribution in [1.29, 1.82) is 0 Å². The summed E-state index contributed by atoms with van der Waals surface area (Å²) >= 11 is 0. The highest BCUT2D eigenvalue weighted by atomic mass is 31.2. The molecule has 23 heavy (non-hydrogen) atoms. The van der Waals surface area contributed by atoms with Crippen molar-refractivity contribution >= 4 is 19.5 Å². The van der Waals surface area contributed by atoms with Gasteiger partial charge in [0.25, 0.3) is 0 Å². The standard InChI is InChI=1S/C15H22NO6P/c1-2-22-14(17)8-9-16-15(18)13(11-23(19,20)21)10-12-6-4-3-5-7-12/h3-7,13H,2,8-11H2,1H3,(H,16,18)(H2,19,20,21). The Morgan fingerprint density at radius 2 is 1.91 bits per heavy atom. The normalized spacial score (nSPS) is 12.5. The van der Waals surface area contributed by atoms with E-state index in [9.17, 15) is 14.2 Å². The van der Waals surface area contributed by atoms with Gasteiger partial charge >= 0.3 is 13.6 Å². The van der Waals surface area contributed by atoms with Gasteiger partial charge < -0.3 is 19.8 Å². The van der Waals surface area contributed by atoms with Crippen molar-refractivity contribution in [3.63, 3.8) is 0 Å². The van der Waals surface area contributed by atoms with Crippen LogP contribution in [-0.2, 0) is 25.3 Å². The van der Waals surface area contributed by atoms with Crippen LogP contribution in [0.25, 0.3) is 0 Å². The van der Waals surface area contributed by atoms with Crippen LogP contribution in [0.2, 0.25) is 0 Å². The summed E-state index contributed by atoms with van der Waals surface area (Å²) in [6, 6.07) is 8.99. The zero-order valence-electron chi connectivity index (χ0n) is 13.0. The van der Waals surface area contributed by atoms with E-state index in [4.69, 9.17) is 14.5 Å². The maximum atomic E-state index is 12.2. The molecular weight excluding hydrogens is 321 g/mol. The van der Waals surface area contributed by atoms with Gasteiger partial charge in [-0.15, -0.1) is 0 Å². The van der Waals surface area contributed by atoms with E-state index in [0.717, 1.165) is 5.56 Å². The lowest BCUT2D eigenvalue weighted by molar-refractivity contribution is -0.143. The van der Waals surface area contributed by atoms with E-state index in [0.29, 0.717) is 0 Å². The van der Waals surface area contributed by atoms with Crippen LogP contribution in [0.5, 0.6) is 0 Å². The molecule has 1 amide bonds. The second-order valence-electron chi connectivity index (χ2n) is 5.08. The lowest BCUT2D eigenvalue weighted by Crippen LogP contribution is -2.35. The Labute approximate surface area is 135 Å². The van der Waals surface area contributed by atoms with Crippen LogP contribution in [0.4, 0.5) is 0 Å². The van der Waals surface area contributed by atoms with Crippen LogP contribution in [0, 0.1) is 5.92 Å². The quantitative estimate of drug-likeness (QED) is 0.457. The smallest absolute Gasteiger partial charge is 0.326 e. The number of hydrogen-bond donors (Lipinski definition) is 3. The maximum absolute atomic E-state index is 12.2. The van der Waals surface area contributed by atoms with E-state index in [2.05, 4.69) is 5.32 Å². The number of benzene rings is 1. The van der Waals surface area contributed by atoms with E-state index in [1.807, 2.05) is 6.07 Å². The minimum absolute atomic E-state index is 0.0214. The summed E-state index contributed by atoms with van der Waals surface area (Å²) in [6.45, 7) is 2.03. The molecule has 1 rings (SSSR count). The first-order chi connectivity index (χ1) is 10.8. The van der Waals surface area contributed by atoms with Gasteiger partial charge in [0, 0.05) is 6.54 Å². The fourth-order valence-corrected chi connectivity index (χ4v) is 2.96. The highest BCUT2D eigenvalue weighted by Crippen LogP contribution is 2.37. The number of esters is 1. The van der Waals surface area contributed by atoms with Gasteiger partial charge in [0.1, 0.15) is 0 Å². The van der Waals surface area contributed by atoms with Crippen molar-refractivity contribution in [2.24, 2.45) is 5.92 Å². The van der Waals surface area contributed by atoms with Crippen LogP contribution in [0.1, 0.15) is 18.9 Å². The van der Waals surface area contributed by atoms with E-state index in [-0.39, 0.29) is 26.0 Å². The predicted octanol–water partition coefficient (Wildman–Crippen LogP) is 1.09. The molecule has 0 aliphatic rings. The van der Waals surface area contributed by atoms with E-state index in [1.165, 1.54) is 0 Å². The van der Waals surface area contributed by atoms with Crippen molar-refractivity contribution < 1.29 is 28.7 Å². The molecule has 0 aliphatic carbocycles. The summed E-state index contributed by atoms with van der Waals surface area (Å²) in [5, 5.41) is 2.53. The van der Waals surface area contributed by atoms with Gasteiger partial charge in [0.2, 0.25) is 5.91 Å². The number of carbonyl (C=O) groups is 2. The molecule has 1 aromatic rings. The number of amides is 1. The summed E-state index contributed by atoms with van der Waals surface area (Å²) < 4.78 is 16.0. The monoisotopic (exact) mass is 343 g/mol. The molecule has 0 aliphatic heterocycles. The molecule has 7 nitrogen and oxygen atoms in total. The second kappa shape index (κ2) is 9.45. The van der Waals surface area contributed by atoms with E-state index in [1.54, 1.807) is 31.2 Å². The Kier molecular flexibility index (Phi) is 7.95. The third kappa shape index (κ3) is 8.50. The number of nitrogens with one attached hydrogen (secondary N) is 1. The van der Waals surface area contributed by atoms with Crippen LogP contribution in [0.15, 0.2) is 30.3 Å². The average Bonchev–Trinajstić information content (AvgIpc) is 2.46. The maximum Gasteiger partial charge on any atom is 0.326 e. The lowest BCUT2D eigenvalue weighted by atomic mass is 10.0. The first kappa shape index (κ1) is 19.4. The molecule has 0 bridgehead atoms. The molecule has 1 atom stereocenters. The Balaban J connectivity index is 2.62. The lowest BCUT2D eigenvalue weighted by Gasteiger charge is -2.17. The van der Waals surface area contributed by atoms with E-state index >= 15 is 0 Å². The summed E-state index contributed by atoms with van der Waals surface area (Å²) in [5.74, 6) is -1.77. The number of carbonyl (C=O) groups excluding carboxylic acids is 2. The van der Waals surface area contributed by atoms with Crippen LogP contribution in [-0.4, -0.2) is 41.0 Å². The number of hydrogen-bond acceptors (Lipinski definition) is 4. The fraction of sp³-hybridized carbons (Fsp3) is 0.467. The van der Waals surface area contributed by atoms with Crippen LogP contribution in [0.3, 0.4) is 0 Å². The zero-order valence-corrected chi connectivity index (χ0v) is 13.9. The molecule has 8 heteroatoms. The summed E-state index contributed by atoms with van der Waals surface area (Å²) in [7, 11) is -4.33. The third-order valence-corrected chi connectivity index (χ3v) is 4.00. The first-order valence-corrected chi connectivity index (χ1v) is 9.13. The third-order valence-electron chi connectivity index (χ3n) is 3.09. The summed E-state index contributed by atoms with van der Waals surface area (Å²) in [4.78, 5) is 41.7. The topological polar surface area (TPSA) is 113 Å². The number of ether oxygens (including phenoxy) is 1. The highest BCUT2D eigenvalue weighted by Gasteiger charge is 2.27. The molecule has 0 heterocycles.